The first kappa shape index (κ1) is 16.6. The Hall–Kier alpha value is -1.80. The van der Waals surface area contributed by atoms with Crippen LogP contribution >= 0.6 is 27.7 Å². The van der Waals surface area contributed by atoms with E-state index in [1.54, 1.807) is 24.4 Å². The maximum Gasteiger partial charge on any atom is 0.374 e. The van der Waals surface area contributed by atoms with Crippen LogP contribution < -0.4 is 5.32 Å². The van der Waals surface area contributed by atoms with Crippen molar-refractivity contribution >= 4 is 45.4 Å². The Kier molecular flexibility index (Phi) is 6.47. The van der Waals surface area contributed by atoms with E-state index in [9.17, 15) is 9.59 Å². The SMILES string of the molecule is O=C(CSCCOC(=O)c1ccco1)Nc1ccc(Br)cn1. The first-order valence-corrected chi connectivity index (χ1v) is 8.29. The first-order chi connectivity index (χ1) is 10.6. The predicted octanol–water partition coefficient (Wildman–Crippen LogP) is 2.97. The molecule has 0 saturated carbocycles. The lowest BCUT2D eigenvalue weighted by Crippen LogP contribution is -2.16. The predicted molar refractivity (Wildman–Crippen MR) is 86.9 cm³/mol. The number of hydrogen-bond acceptors (Lipinski definition) is 6. The number of anilines is 1. The molecule has 2 aromatic heterocycles. The molecule has 0 bridgehead atoms. The van der Waals surface area contributed by atoms with Gasteiger partial charge in [0, 0.05) is 16.4 Å². The number of nitrogens with one attached hydrogen (secondary N) is 1. The van der Waals surface area contributed by atoms with Gasteiger partial charge >= 0.3 is 5.97 Å². The molecule has 0 atom stereocenters. The van der Waals surface area contributed by atoms with Gasteiger partial charge in [-0.1, -0.05) is 0 Å². The molecule has 0 spiro atoms. The third-order valence-corrected chi connectivity index (χ3v) is 3.80. The highest BCUT2D eigenvalue weighted by Crippen LogP contribution is 2.11. The highest BCUT2D eigenvalue weighted by Gasteiger charge is 2.09. The number of esters is 1. The van der Waals surface area contributed by atoms with Gasteiger partial charge in [0.15, 0.2) is 0 Å². The molecule has 2 heterocycles. The number of carbonyl (C=O) groups excluding carboxylic acids is 2. The van der Waals surface area contributed by atoms with Gasteiger partial charge in [-0.3, -0.25) is 4.79 Å². The molecule has 2 rings (SSSR count). The van der Waals surface area contributed by atoms with Gasteiger partial charge in [-0.2, -0.15) is 0 Å². The van der Waals surface area contributed by atoms with E-state index >= 15 is 0 Å². The summed E-state index contributed by atoms with van der Waals surface area (Å²) in [5.74, 6) is 0.789. The molecule has 22 heavy (non-hydrogen) atoms. The Morgan fingerprint density at radius 3 is 2.91 bits per heavy atom. The second kappa shape index (κ2) is 8.60. The van der Waals surface area contributed by atoms with E-state index in [0.29, 0.717) is 11.6 Å². The number of furan rings is 1. The van der Waals surface area contributed by atoms with Crippen LogP contribution in [-0.4, -0.2) is 35.0 Å². The molecule has 0 saturated heterocycles. The summed E-state index contributed by atoms with van der Waals surface area (Å²) in [6.45, 7) is 0.216. The lowest BCUT2D eigenvalue weighted by molar-refractivity contribution is -0.113. The summed E-state index contributed by atoms with van der Waals surface area (Å²) in [6.07, 6.45) is 3.02. The number of halogens is 1. The fourth-order valence-corrected chi connectivity index (χ4v) is 2.29. The number of pyridine rings is 1. The quantitative estimate of drug-likeness (QED) is 0.583. The molecule has 0 aliphatic carbocycles. The van der Waals surface area contributed by atoms with Crippen LogP contribution in [0.15, 0.2) is 45.6 Å². The second-order valence-electron chi connectivity index (χ2n) is 4.08. The van der Waals surface area contributed by atoms with Crippen LogP contribution in [0, 0.1) is 0 Å². The third-order valence-electron chi connectivity index (χ3n) is 2.41. The standard InChI is InChI=1S/C14H13BrN2O4S/c15-10-3-4-12(16-8-10)17-13(18)9-22-7-6-21-14(19)11-2-1-5-20-11/h1-5,8H,6-7,9H2,(H,16,17,18). The highest BCUT2D eigenvalue weighted by molar-refractivity contribution is 9.10. The minimum absolute atomic E-state index is 0.155. The zero-order valence-electron chi connectivity index (χ0n) is 11.5. The largest absolute Gasteiger partial charge is 0.459 e. The van der Waals surface area contributed by atoms with Crippen molar-refractivity contribution in [2.75, 3.05) is 23.4 Å². The summed E-state index contributed by atoms with van der Waals surface area (Å²) in [6, 6.07) is 6.65. The summed E-state index contributed by atoms with van der Waals surface area (Å²) >= 11 is 4.64. The molecule has 1 amide bonds. The molecule has 2 aromatic rings. The van der Waals surface area contributed by atoms with Crippen molar-refractivity contribution < 1.29 is 18.7 Å². The summed E-state index contributed by atoms with van der Waals surface area (Å²) in [5.41, 5.74) is 0. The van der Waals surface area contributed by atoms with E-state index in [0.717, 1.165) is 4.47 Å². The Morgan fingerprint density at radius 1 is 1.36 bits per heavy atom. The van der Waals surface area contributed by atoms with Crippen molar-refractivity contribution in [3.05, 3.63) is 47.0 Å². The van der Waals surface area contributed by atoms with Gasteiger partial charge in [-0.25, -0.2) is 9.78 Å². The van der Waals surface area contributed by atoms with Gasteiger partial charge in [0.05, 0.1) is 12.0 Å². The number of aromatic nitrogens is 1. The van der Waals surface area contributed by atoms with Gasteiger partial charge in [0.1, 0.15) is 12.4 Å². The molecule has 116 valence electrons. The lowest BCUT2D eigenvalue weighted by Gasteiger charge is -2.05. The number of carbonyl (C=O) groups is 2. The molecule has 1 N–H and O–H groups in total. The monoisotopic (exact) mass is 384 g/mol. The smallest absolute Gasteiger partial charge is 0.374 e. The molecular formula is C14H13BrN2O4S. The Labute approximate surface area is 139 Å². The van der Waals surface area contributed by atoms with Crippen molar-refractivity contribution in [3.63, 3.8) is 0 Å². The van der Waals surface area contributed by atoms with Gasteiger partial charge in [-0.15, -0.1) is 11.8 Å². The van der Waals surface area contributed by atoms with Crippen LogP contribution in [0.2, 0.25) is 0 Å². The van der Waals surface area contributed by atoms with Crippen molar-refractivity contribution in [1.82, 2.24) is 4.98 Å². The van der Waals surface area contributed by atoms with Gasteiger partial charge in [0.2, 0.25) is 11.7 Å². The highest BCUT2D eigenvalue weighted by atomic mass is 79.9. The minimum atomic E-state index is -0.505. The average Bonchev–Trinajstić information content (AvgIpc) is 3.03. The fourth-order valence-electron chi connectivity index (χ4n) is 1.45. The van der Waals surface area contributed by atoms with E-state index in [-0.39, 0.29) is 24.0 Å². The van der Waals surface area contributed by atoms with E-state index in [2.05, 4.69) is 26.2 Å². The van der Waals surface area contributed by atoms with Gasteiger partial charge in [0.25, 0.3) is 0 Å². The summed E-state index contributed by atoms with van der Waals surface area (Å²) in [5, 5.41) is 2.68. The summed E-state index contributed by atoms with van der Waals surface area (Å²) < 4.78 is 10.8. The van der Waals surface area contributed by atoms with E-state index < -0.39 is 5.97 Å². The number of thioether (sulfide) groups is 1. The summed E-state index contributed by atoms with van der Waals surface area (Å²) in [7, 11) is 0. The number of nitrogens with zero attached hydrogens (tertiary/aromatic N) is 1. The zero-order valence-corrected chi connectivity index (χ0v) is 13.9. The van der Waals surface area contributed by atoms with Crippen molar-refractivity contribution in [2.24, 2.45) is 0 Å². The van der Waals surface area contributed by atoms with E-state index in [1.807, 2.05) is 0 Å². The summed E-state index contributed by atoms with van der Waals surface area (Å²) in [4.78, 5) is 27.2. The molecule has 0 radical (unpaired) electrons. The molecule has 0 unspecified atom stereocenters. The Morgan fingerprint density at radius 2 is 2.23 bits per heavy atom. The number of hydrogen-bond donors (Lipinski definition) is 1. The van der Waals surface area contributed by atoms with Crippen LogP contribution in [-0.2, 0) is 9.53 Å². The van der Waals surface area contributed by atoms with Gasteiger partial charge in [-0.05, 0) is 40.2 Å². The number of amides is 1. The molecule has 0 aliphatic heterocycles. The molecule has 0 aliphatic rings. The van der Waals surface area contributed by atoms with Crippen molar-refractivity contribution in [3.8, 4) is 0 Å². The Bertz CT molecular complexity index is 616. The number of rotatable bonds is 7. The van der Waals surface area contributed by atoms with Crippen LogP contribution in [0.25, 0.3) is 0 Å². The average molecular weight is 385 g/mol. The van der Waals surface area contributed by atoms with Crippen LogP contribution in [0.3, 0.4) is 0 Å². The van der Waals surface area contributed by atoms with Crippen molar-refractivity contribution in [2.45, 2.75) is 0 Å². The molecule has 0 fully saturated rings. The first-order valence-electron chi connectivity index (χ1n) is 6.35. The third kappa shape index (κ3) is 5.53. The minimum Gasteiger partial charge on any atom is -0.459 e. The maximum atomic E-state index is 11.7. The Balaban J connectivity index is 1.59. The van der Waals surface area contributed by atoms with Crippen LogP contribution in [0.4, 0.5) is 5.82 Å². The second-order valence-corrected chi connectivity index (χ2v) is 6.10. The zero-order chi connectivity index (χ0) is 15.8. The van der Waals surface area contributed by atoms with Gasteiger partial charge < -0.3 is 14.5 Å². The number of ether oxygens (including phenoxy) is 1. The van der Waals surface area contributed by atoms with Crippen LogP contribution in [0.1, 0.15) is 10.6 Å². The van der Waals surface area contributed by atoms with E-state index in [1.165, 1.54) is 24.1 Å². The molecule has 6 nitrogen and oxygen atoms in total. The van der Waals surface area contributed by atoms with Crippen molar-refractivity contribution in [1.29, 1.82) is 0 Å². The molecule has 0 aromatic carbocycles. The molecule has 8 heteroatoms. The van der Waals surface area contributed by atoms with Crippen LogP contribution in [0.5, 0.6) is 0 Å². The topological polar surface area (TPSA) is 81.4 Å². The fraction of sp³-hybridized carbons (Fsp3) is 0.214. The molecular weight excluding hydrogens is 372 g/mol. The lowest BCUT2D eigenvalue weighted by atomic mass is 10.4. The van der Waals surface area contributed by atoms with E-state index in [4.69, 9.17) is 9.15 Å². The normalized spacial score (nSPS) is 10.2. The maximum absolute atomic E-state index is 11.7.